The van der Waals surface area contributed by atoms with Crippen LogP contribution in [0.1, 0.15) is 12.8 Å². The van der Waals surface area contributed by atoms with Crippen molar-refractivity contribution in [3.8, 4) is 11.3 Å². The number of rotatable bonds is 6. The van der Waals surface area contributed by atoms with Gasteiger partial charge in [-0.25, -0.2) is 4.98 Å². The molecule has 5 heteroatoms. The lowest BCUT2D eigenvalue weighted by molar-refractivity contribution is 1.06. The van der Waals surface area contributed by atoms with Crippen molar-refractivity contribution in [1.29, 1.82) is 0 Å². The van der Waals surface area contributed by atoms with Gasteiger partial charge in [-0.05, 0) is 37.3 Å². The van der Waals surface area contributed by atoms with Gasteiger partial charge < -0.3 is 10.6 Å². The van der Waals surface area contributed by atoms with Crippen molar-refractivity contribution in [3.05, 3.63) is 60.7 Å². The Hall–Kier alpha value is -2.53. The second-order valence-corrected chi connectivity index (χ2v) is 6.98. The van der Waals surface area contributed by atoms with Gasteiger partial charge in [0, 0.05) is 28.3 Å². The zero-order valence-electron chi connectivity index (χ0n) is 14.1. The highest BCUT2D eigenvalue weighted by Crippen LogP contribution is 2.28. The van der Waals surface area contributed by atoms with Crippen LogP contribution in [0.2, 0.25) is 0 Å². The van der Waals surface area contributed by atoms with Crippen molar-refractivity contribution in [2.24, 2.45) is 0 Å². The summed E-state index contributed by atoms with van der Waals surface area (Å²) in [4.78, 5) is 10.6. The minimum atomic E-state index is 0.513. The van der Waals surface area contributed by atoms with Crippen LogP contribution in [-0.2, 0) is 0 Å². The second-order valence-electron chi connectivity index (χ2n) is 6.10. The van der Waals surface area contributed by atoms with Gasteiger partial charge in [0.2, 0.25) is 5.95 Å². The molecule has 1 aromatic heterocycles. The molecule has 0 bridgehead atoms. The normalized spacial score (nSPS) is 13.5. The number of benzene rings is 2. The van der Waals surface area contributed by atoms with Crippen LogP contribution in [0.4, 0.5) is 17.5 Å². The van der Waals surface area contributed by atoms with E-state index in [1.54, 1.807) is 11.8 Å². The number of nitrogens with one attached hydrogen (secondary N) is 2. The van der Waals surface area contributed by atoms with E-state index in [4.69, 9.17) is 4.98 Å². The Balaban J connectivity index is 1.67. The average Bonchev–Trinajstić information content (AvgIpc) is 3.46. The van der Waals surface area contributed by atoms with E-state index < -0.39 is 0 Å². The standard InChI is InChI=1S/C20H20N4S/c1-25-17-9-5-8-16(12-17)21-19-13-18(14-6-3-2-4-7-14)23-20(24-19)22-15-10-11-15/h2-9,12-13,15H,10-11H2,1H3,(H2,21,22,23,24). The van der Waals surface area contributed by atoms with Crippen LogP contribution >= 0.6 is 11.8 Å². The second kappa shape index (κ2) is 7.15. The Morgan fingerprint density at radius 3 is 2.56 bits per heavy atom. The molecule has 1 fully saturated rings. The van der Waals surface area contributed by atoms with E-state index in [0.717, 1.165) is 22.8 Å². The summed E-state index contributed by atoms with van der Waals surface area (Å²) in [6, 6.07) is 21.1. The summed E-state index contributed by atoms with van der Waals surface area (Å²) in [5, 5.41) is 6.83. The van der Waals surface area contributed by atoms with Gasteiger partial charge in [-0.15, -0.1) is 11.8 Å². The summed E-state index contributed by atoms with van der Waals surface area (Å²) in [6.45, 7) is 0. The van der Waals surface area contributed by atoms with E-state index in [0.29, 0.717) is 12.0 Å². The molecule has 0 unspecified atom stereocenters. The number of aromatic nitrogens is 2. The van der Waals surface area contributed by atoms with Gasteiger partial charge in [-0.3, -0.25) is 0 Å². The lowest BCUT2D eigenvalue weighted by atomic mass is 10.1. The lowest BCUT2D eigenvalue weighted by Gasteiger charge is -2.12. The third kappa shape index (κ3) is 4.12. The first-order chi connectivity index (χ1) is 12.3. The molecule has 1 aliphatic rings. The van der Waals surface area contributed by atoms with Crippen LogP contribution in [-0.4, -0.2) is 22.3 Å². The number of hydrogen-bond donors (Lipinski definition) is 2. The Kier molecular flexibility index (Phi) is 4.57. The van der Waals surface area contributed by atoms with E-state index in [1.807, 2.05) is 24.3 Å². The molecule has 25 heavy (non-hydrogen) atoms. The Morgan fingerprint density at radius 2 is 1.80 bits per heavy atom. The number of thioether (sulfide) groups is 1. The maximum absolute atomic E-state index is 4.69. The Bertz CT molecular complexity index is 863. The number of anilines is 3. The van der Waals surface area contributed by atoms with E-state index in [-0.39, 0.29) is 0 Å². The first kappa shape index (κ1) is 16.0. The molecule has 126 valence electrons. The lowest BCUT2D eigenvalue weighted by Crippen LogP contribution is -2.07. The molecule has 1 heterocycles. The summed E-state index contributed by atoms with van der Waals surface area (Å²) >= 11 is 1.73. The molecule has 0 aliphatic heterocycles. The number of nitrogens with zero attached hydrogens (tertiary/aromatic N) is 2. The average molecular weight is 348 g/mol. The molecule has 2 N–H and O–H groups in total. The minimum absolute atomic E-state index is 0.513. The zero-order valence-corrected chi connectivity index (χ0v) is 14.9. The fourth-order valence-corrected chi connectivity index (χ4v) is 3.05. The van der Waals surface area contributed by atoms with Crippen LogP contribution < -0.4 is 10.6 Å². The number of hydrogen-bond acceptors (Lipinski definition) is 5. The molecule has 3 aromatic rings. The minimum Gasteiger partial charge on any atom is -0.351 e. The summed E-state index contributed by atoms with van der Waals surface area (Å²) in [7, 11) is 0. The first-order valence-electron chi connectivity index (χ1n) is 8.42. The van der Waals surface area contributed by atoms with Crippen LogP contribution in [0.5, 0.6) is 0 Å². The molecule has 4 nitrogen and oxygen atoms in total. The molecule has 0 atom stereocenters. The third-order valence-electron chi connectivity index (χ3n) is 4.05. The Labute approximate surface area is 152 Å². The molecule has 4 rings (SSSR count). The maximum Gasteiger partial charge on any atom is 0.225 e. The summed E-state index contributed by atoms with van der Waals surface area (Å²) in [5.41, 5.74) is 3.04. The van der Waals surface area contributed by atoms with Gasteiger partial charge in [-0.1, -0.05) is 36.4 Å². The molecule has 1 aliphatic carbocycles. The van der Waals surface area contributed by atoms with Crippen LogP contribution in [0.15, 0.2) is 65.6 Å². The van der Waals surface area contributed by atoms with Crippen molar-refractivity contribution >= 4 is 29.2 Å². The third-order valence-corrected chi connectivity index (χ3v) is 4.77. The van der Waals surface area contributed by atoms with Gasteiger partial charge in [0.15, 0.2) is 0 Å². The van der Waals surface area contributed by atoms with E-state index in [9.17, 15) is 0 Å². The summed E-state index contributed by atoms with van der Waals surface area (Å²) in [6.07, 6.45) is 4.46. The van der Waals surface area contributed by atoms with Crippen LogP contribution in [0.25, 0.3) is 11.3 Å². The molecule has 1 saturated carbocycles. The largest absolute Gasteiger partial charge is 0.351 e. The van der Waals surface area contributed by atoms with E-state index >= 15 is 0 Å². The summed E-state index contributed by atoms with van der Waals surface area (Å²) in [5.74, 6) is 1.49. The quantitative estimate of drug-likeness (QED) is 0.601. The fourth-order valence-electron chi connectivity index (χ4n) is 2.59. The Morgan fingerprint density at radius 1 is 0.960 bits per heavy atom. The highest BCUT2D eigenvalue weighted by molar-refractivity contribution is 7.98. The summed E-state index contributed by atoms with van der Waals surface area (Å²) < 4.78 is 0. The smallest absolute Gasteiger partial charge is 0.225 e. The first-order valence-corrected chi connectivity index (χ1v) is 9.65. The predicted octanol–water partition coefficient (Wildman–Crippen LogP) is 5.18. The van der Waals surface area contributed by atoms with Crippen LogP contribution in [0, 0.1) is 0 Å². The van der Waals surface area contributed by atoms with E-state index in [1.165, 1.54) is 17.7 Å². The van der Waals surface area contributed by atoms with Crippen molar-refractivity contribution in [3.63, 3.8) is 0 Å². The molecule has 0 saturated heterocycles. The van der Waals surface area contributed by atoms with Gasteiger partial charge >= 0.3 is 0 Å². The van der Waals surface area contributed by atoms with E-state index in [2.05, 4.69) is 58.3 Å². The monoisotopic (exact) mass is 348 g/mol. The zero-order chi connectivity index (χ0) is 17.1. The highest BCUT2D eigenvalue weighted by Gasteiger charge is 2.22. The van der Waals surface area contributed by atoms with Crippen molar-refractivity contribution in [2.75, 3.05) is 16.9 Å². The molecular weight excluding hydrogens is 328 g/mol. The fraction of sp³-hybridized carbons (Fsp3) is 0.200. The highest BCUT2D eigenvalue weighted by atomic mass is 32.2. The molecule has 0 radical (unpaired) electrons. The van der Waals surface area contributed by atoms with Crippen LogP contribution in [0.3, 0.4) is 0 Å². The van der Waals surface area contributed by atoms with Crippen molar-refractivity contribution in [1.82, 2.24) is 9.97 Å². The van der Waals surface area contributed by atoms with Gasteiger partial charge in [0.1, 0.15) is 5.82 Å². The maximum atomic E-state index is 4.69. The topological polar surface area (TPSA) is 49.8 Å². The van der Waals surface area contributed by atoms with Gasteiger partial charge in [0.25, 0.3) is 0 Å². The predicted molar refractivity (Wildman–Crippen MR) is 106 cm³/mol. The van der Waals surface area contributed by atoms with Gasteiger partial charge in [-0.2, -0.15) is 4.98 Å². The molecular formula is C20H20N4S. The van der Waals surface area contributed by atoms with Crippen molar-refractivity contribution < 1.29 is 0 Å². The SMILES string of the molecule is CSc1cccc(Nc2cc(-c3ccccc3)nc(NC3CC3)n2)c1. The molecule has 0 amide bonds. The molecule has 2 aromatic carbocycles. The van der Waals surface area contributed by atoms with Gasteiger partial charge in [0.05, 0.1) is 5.69 Å². The molecule has 0 spiro atoms. The van der Waals surface area contributed by atoms with Crippen molar-refractivity contribution in [2.45, 2.75) is 23.8 Å².